The van der Waals surface area contributed by atoms with Crippen molar-refractivity contribution in [2.45, 2.75) is 32.9 Å². The number of esters is 1. The van der Waals surface area contributed by atoms with E-state index in [0.29, 0.717) is 21.5 Å². The molecule has 0 bridgehead atoms. The Morgan fingerprint density at radius 1 is 0.967 bits per heavy atom. The fourth-order valence-corrected chi connectivity index (χ4v) is 3.11. The summed E-state index contributed by atoms with van der Waals surface area (Å²) in [6.45, 7) is 5.03. The molecule has 1 unspecified atom stereocenters. The molecule has 0 saturated heterocycles. The van der Waals surface area contributed by atoms with Gasteiger partial charge in [-0.1, -0.05) is 38.1 Å². The number of rotatable bonds is 8. The van der Waals surface area contributed by atoms with E-state index in [4.69, 9.17) is 9.47 Å². The number of nitrogens with one attached hydrogen (secondary N) is 2. The minimum Gasteiger partial charge on any atom is -0.495 e. The molecule has 2 amide bonds. The maximum absolute atomic E-state index is 12.7. The van der Waals surface area contributed by atoms with Crippen LogP contribution in [0.5, 0.6) is 5.75 Å². The van der Waals surface area contributed by atoms with Crippen LogP contribution in [-0.2, 0) is 14.3 Å². The molecule has 2 rings (SSSR count). The van der Waals surface area contributed by atoms with E-state index in [1.807, 2.05) is 0 Å². The van der Waals surface area contributed by atoms with Gasteiger partial charge < -0.3 is 20.1 Å². The lowest BCUT2D eigenvalue weighted by Crippen LogP contribution is -2.47. The van der Waals surface area contributed by atoms with Crippen LogP contribution in [-0.4, -0.2) is 37.0 Å². The van der Waals surface area contributed by atoms with Gasteiger partial charge in [-0.25, -0.2) is 4.79 Å². The normalized spacial score (nSPS) is 12.6. The van der Waals surface area contributed by atoms with E-state index in [-0.39, 0.29) is 5.92 Å². The quantitative estimate of drug-likeness (QED) is 0.565. The van der Waals surface area contributed by atoms with E-state index in [1.54, 1.807) is 62.4 Å². The number of amides is 2. The van der Waals surface area contributed by atoms with Gasteiger partial charge in [-0.3, -0.25) is 9.59 Å². The number of methoxy groups -OCH3 is 1. The highest BCUT2D eigenvalue weighted by Crippen LogP contribution is 2.23. The topological polar surface area (TPSA) is 93.7 Å². The Balaban J connectivity index is 2.04. The van der Waals surface area contributed by atoms with Gasteiger partial charge in [0.2, 0.25) is 0 Å². The van der Waals surface area contributed by atoms with Gasteiger partial charge in [-0.15, -0.1) is 0 Å². The van der Waals surface area contributed by atoms with Crippen molar-refractivity contribution in [1.82, 2.24) is 5.32 Å². The molecule has 0 fully saturated rings. The van der Waals surface area contributed by atoms with Crippen LogP contribution in [0.2, 0.25) is 0 Å². The number of anilines is 1. The number of carbonyl (C=O) groups excluding carboxylic acids is 3. The maximum Gasteiger partial charge on any atom is 0.329 e. The lowest BCUT2D eigenvalue weighted by atomic mass is 10.0. The molecule has 0 aliphatic heterocycles. The summed E-state index contributed by atoms with van der Waals surface area (Å²) in [5, 5.41) is 5.36. The van der Waals surface area contributed by atoms with Crippen molar-refractivity contribution in [2.75, 3.05) is 12.4 Å². The van der Waals surface area contributed by atoms with Gasteiger partial charge in [-0.05, 0) is 53.0 Å². The third-order valence-corrected chi connectivity index (χ3v) is 5.04. The molecule has 8 heteroatoms. The number of ether oxygens (including phenoxy) is 2. The van der Waals surface area contributed by atoms with Gasteiger partial charge in [-0.2, -0.15) is 0 Å². The SMILES string of the molecule is COc1ccccc1NC(=O)C(C)OC(=O)[C@@H](NC(=O)c1ccccc1Br)C(C)C. The molecule has 0 aliphatic carbocycles. The van der Waals surface area contributed by atoms with Crippen LogP contribution in [0, 0.1) is 5.92 Å². The smallest absolute Gasteiger partial charge is 0.329 e. The highest BCUT2D eigenvalue weighted by Gasteiger charge is 2.29. The molecular weight excluding hydrogens is 452 g/mol. The zero-order valence-electron chi connectivity index (χ0n) is 17.3. The Labute approximate surface area is 184 Å². The number of halogens is 1. The molecule has 160 valence electrons. The molecule has 2 aromatic carbocycles. The van der Waals surface area contributed by atoms with Crippen LogP contribution in [0.1, 0.15) is 31.1 Å². The highest BCUT2D eigenvalue weighted by molar-refractivity contribution is 9.10. The predicted molar refractivity (Wildman–Crippen MR) is 117 cm³/mol. The first-order chi connectivity index (χ1) is 14.2. The van der Waals surface area contributed by atoms with Gasteiger partial charge in [0.15, 0.2) is 6.10 Å². The van der Waals surface area contributed by atoms with Crippen LogP contribution in [0.15, 0.2) is 53.0 Å². The largest absolute Gasteiger partial charge is 0.495 e. The second kappa shape index (κ2) is 10.8. The van der Waals surface area contributed by atoms with Gasteiger partial charge in [0.05, 0.1) is 18.4 Å². The summed E-state index contributed by atoms with van der Waals surface area (Å²) in [6, 6.07) is 12.9. The molecule has 0 spiro atoms. The number of hydrogen-bond donors (Lipinski definition) is 2. The Kier molecular flexibility index (Phi) is 8.41. The number of carbonyl (C=O) groups is 3. The molecule has 7 nitrogen and oxygen atoms in total. The third-order valence-electron chi connectivity index (χ3n) is 4.35. The summed E-state index contributed by atoms with van der Waals surface area (Å²) in [4.78, 5) is 37.7. The van der Waals surface area contributed by atoms with Crippen molar-refractivity contribution in [1.29, 1.82) is 0 Å². The van der Waals surface area contributed by atoms with Crippen LogP contribution in [0.25, 0.3) is 0 Å². The molecule has 0 radical (unpaired) electrons. The Morgan fingerprint density at radius 3 is 2.23 bits per heavy atom. The number of para-hydroxylation sites is 2. The molecule has 30 heavy (non-hydrogen) atoms. The summed E-state index contributed by atoms with van der Waals surface area (Å²) >= 11 is 3.32. The zero-order valence-corrected chi connectivity index (χ0v) is 18.9. The monoisotopic (exact) mass is 476 g/mol. The molecule has 0 aliphatic rings. The highest BCUT2D eigenvalue weighted by atomic mass is 79.9. The van der Waals surface area contributed by atoms with Crippen LogP contribution >= 0.6 is 15.9 Å². The van der Waals surface area contributed by atoms with Crippen molar-refractivity contribution in [2.24, 2.45) is 5.92 Å². The Morgan fingerprint density at radius 2 is 1.60 bits per heavy atom. The second-order valence-electron chi connectivity index (χ2n) is 6.94. The lowest BCUT2D eigenvalue weighted by molar-refractivity contribution is -0.156. The second-order valence-corrected chi connectivity index (χ2v) is 7.80. The lowest BCUT2D eigenvalue weighted by Gasteiger charge is -2.23. The first-order valence-electron chi connectivity index (χ1n) is 9.44. The summed E-state index contributed by atoms with van der Waals surface area (Å²) < 4.78 is 11.1. The molecular formula is C22H25BrN2O5. The fraction of sp³-hybridized carbons (Fsp3) is 0.318. The van der Waals surface area contributed by atoms with E-state index < -0.39 is 29.9 Å². The molecule has 0 saturated carbocycles. The summed E-state index contributed by atoms with van der Waals surface area (Å²) in [5.41, 5.74) is 0.869. The number of benzene rings is 2. The van der Waals surface area contributed by atoms with Crippen molar-refractivity contribution >= 4 is 39.4 Å². The van der Waals surface area contributed by atoms with E-state index >= 15 is 0 Å². The molecule has 2 aromatic rings. The summed E-state index contributed by atoms with van der Waals surface area (Å²) in [6.07, 6.45) is -1.07. The van der Waals surface area contributed by atoms with E-state index in [2.05, 4.69) is 26.6 Å². The van der Waals surface area contributed by atoms with E-state index in [0.717, 1.165) is 0 Å². The zero-order chi connectivity index (χ0) is 22.3. The maximum atomic E-state index is 12.7. The molecule has 2 N–H and O–H groups in total. The molecule has 0 heterocycles. The summed E-state index contributed by atoms with van der Waals surface area (Å²) in [7, 11) is 1.50. The predicted octanol–water partition coefficient (Wildman–Crippen LogP) is 3.78. The van der Waals surface area contributed by atoms with Gasteiger partial charge in [0.1, 0.15) is 11.8 Å². The van der Waals surface area contributed by atoms with E-state index in [9.17, 15) is 14.4 Å². The Hall–Kier alpha value is -2.87. The van der Waals surface area contributed by atoms with Crippen LogP contribution in [0.4, 0.5) is 5.69 Å². The molecule has 0 aromatic heterocycles. The first kappa shape index (κ1) is 23.4. The Bertz CT molecular complexity index is 916. The van der Waals surface area contributed by atoms with Crippen LogP contribution < -0.4 is 15.4 Å². The van der Waals surface area contributed by atoms with Crippen molar-refractivity contribution in [3.63, 3.8) is 0 Å². The fourth-order valence-electron chi connectivity index (χ4n) is 2.65. The van der Waals surface area contributed by atoms with Crippen LogP contribution in [0.3, 0.4) is 0 Å². The molecule has 2 atom stereocenters. The minimum atomic E-state index is -1.07. The third kappa shape index (κ3) is 6.06. The van der Waals surface area contributed by atoms with Gasteiger partial charge in [0.25, 0.3) is 11.8 Å². The summed E-state index contributed by atoms with van der Waals surface area (Å²) in [5.74, 6) is -1.36. The van der Waals surface area contributed by atoms with Crippen molar-refractivity contribution < 1.29 is 23.9 Å². The van der Waals surface area contributed by atoms with Gasteiger partial charge >= 0.3 is 5.97 Å². The standard InChI is InChI=1S/C22H25BrN2O5/c1-13(2)19(25-21(27)15-9-5-6-10-16(15)23)22(28)30-14(3)20(26)24-17-11-7-8-12-18(17)29-4/h5-14,19H,1-4H3,(H,24,26)(H,25,27)/t14?,19-/m0/s1. The average molecular weight is 477 g/mol. The van der Waals surface area contributed by atoms with Crippen molar-refractivity contribution in [3.8, 4) is 5.75 Å². The first-order valence-corrected chi connectivity index (χ1v) is 10.2. The van der Waals surface area contributed by atoms with E-state index in [1.165, 1.54) is 14.0 Å². The minimum absolute atomic E-state index is 0.242. The number of hydrogen-bond acceptors (Lipinski definition) is 5. The van der Waals surface area contributed by atoms with Gasteiger partial charge in [0, 0.05) is 4.47 Å². The average Bonchev–Trinajstić information content (AvgIpc) is 2.72. The van der Waals surface area contributed by atoms with Crippen molar-refractivity contribution in [3.05, 3.63) is 58.6 Å².